The van der Waals surface area contributed by atoms with Gasteiger partial charge in [-0.15, -0.1) is 11.8 Å². The van der Waals surface area contributed by atoms with Crippen LogP contribution in [0.4, 0.5) is 0 Å². The Morgan fingerprint density at radius 2 is 1.57 bits per heavy atom. The average Bonchev–Trinajstić information content (AvgIpc) is 2.55. The Kier molecular flexibility index (Phi) is 4.22. The van der Waals surface area contributed by atoms with Crippen molar-refractivity contribution >= 4 is 11.8 Å². The van der Waals surface area contributed by atoms with Crippen LogP contribution in [0, 0.1) is 0 Å². The van der Waals surface area contributed by atoms with E-state index < -0.39 is 0 Å². The van der Waals surface area contributed by atoms with Gasteiger partial charge in [-0.25, -0.2) is 0 Å². The predicted molar refractivity (Wildman–Crippen MR) is 86.4 cm³/mol. The molecule has 104 valence electrons. The first-order valence-electron chi connectivity index (χ1n) is 6.68. The summed E-state index contributed by atoms with van der Waals surface area (Å²) in [7, 11) is 0. The molecule has 0 fully saturated rings. The van der Waals surface area contributed by atoms with Crippen LogP contribution in [0.1, 0.15) is 5.56 Å². The normalized spacial score (nSPS) is 10.5. The first-order valence-corrected chi connectivity index (χ1v) is 7.66. The fourth-order valence-corrected chi connectivity index (χ4v) is 2.83. The molecule has 0 N–H and O–H groups in total. The summed E-state index contributed by atoms with van der Waals surface area (Å²) in [6.45, 7) is 0. The van der Waals surface area contributed by atoms with Gasteiger partial charge < -0.3 is 4.42 Å². The van der Waals surface area contributed by atoms with Gasteiger partial charge >= 0.3 is 0 Å². The van der Waals surface area contributed by atoms with E-state index in [1.54, 1.807) is 12.3 Å². The maximum Gasteiger partial charge on any atom is 0.199 e. The molecule has 0 amide bonds. The van der Waals surface area contributed by atoms with E-state index in [2.05, 4.69) is 0 Å². The fourth-order valence-electron chi connectivity index (χ4n) is 1.99. The number of hydrogen-bond acceptors (Lipinski definition) is 3. The Morgan fingerprint density at radius 1 is 0.905 bits per heavy atom. The lowest BCUT2D eigenvalue weighted by molar-refractivity contribution is 0.549. The molecule has 0 aliphatic carbocycles. The Hall–Kier alpha value is -2.26. The highest BCUT2D eigenvalue weighted by atomic mass is 32.2. The van der Waals surface area contributed by atoms with Gasteiger partial charge in [0.25, 0.3) is 0 Å². The van der Waals surface area contributed by atoms with Crippen LogP contribution >= 0.6 is 11.8 Å². The Bertz CT molecular complexity index is 764. The van der Waals surface area contributed by atoms with E-state index in [4.69, 9.17) is 4.42 Å². The number of thioether (sulfide) groups is 1. The standard InChI is InChI=1S/C18H14O2S/c19-16-11-17(15-9-5-2-6-10-15)20-12-18(16)21-13-14-7-3-1-4-8-14/h1-12H,13H2. The molecule has 3 aromatic rings. The first kappa shape index (κ1) is 13.7. The van der Waals surface area contributed by atoms with Crippen molar-refractivity contribution in [1.29, 1.82) is 0 Å². The van der Waals surface area contributed by atoms with Gasteiger partial charge in [-0.05, 0) is 5.56 Å². The molecule has 1 aromatic heterocycles. The molecule has 0 spiro atoms. The third-order valence-corrected chi connectivity index (χ3v) is 4.18. The maximum atomic E-state index is 12.2. The monoisotopic (exact) mass is 294 g/mol. The van der Waals surface area contributed by atoms with Crippen molar-refractivity contribution in [3.05, 3.63) is 88.8 Å². The highest BCUT2D eigenvalue weighted by Gasteiger charge is 2.06. The van der Waals surface area contributed by atoms with Gasteiger partial charge in [0.1, 0.15) is 12.0 Å². The number of hydrogen-bond donors (Lipinski definition) is 0. The molecule has 0 bridgehead atoms. The molecule has 0 saturated carbocycles. The smallest absolute Gasteiger partial charge is 0.199 e. The molecule has 21 heavy (non-hydrogen) atoms. The predicted octanol–water partition coefficient (Wildman–Crippen LogP) is 4.60. The topological polar surface area (TPSA) is 30.2 Å². The van der Waals surface area contributed by atoms with E-state index in [0.717, 1.165) is 11.3 Å². The van der Waals surface area contributed by atoms with Crippen LogP contribution in [0.15, 0.2) is 87.1 Å². The van der Waals surface area contributed by atoms with E-state index in [1.165, 1.54) is 17.3 Å². The highest BCUT2D eigenvalue weighted by Crippen LogP contribution is 2.23. The lowest BCUT2D eigenvalue weighted by atomic mass is 10.2. The first-order chi connectivity index (χ1) is 10.3. The fraction of sp³-hybridized carbons (Fsp3) is 0.0556. The summed E-state index contributed by atoms with van der Waals surface area (Å²) in [5.74, 6) is 1.36. The molecular formula is C18H14O2S. The average molecular weight is 294 g/mol. The molecule has 0 aliphatic heterocycles. The van der Waals surface area contributed by atoms with E-state index in [1.807, 2.05) is 60.7 Å². The minimum atomic E-state index is 0.000958. The van der Waals surface area contributed by atoms with Crippen molar-refractivity contribution in [2.24, 2.45) is 0 Å². The molecular weight excluding hydrogens is 280 g/mol. The molecule has 0 saturated heterocycles. The molecule has 2 aromatic carbocycles. The van der Waals surface area contributed by atoms with Gasteiger partial charge in [-0.2, -0.15) is 0 Å². The zero-order valence-corrected chi connectivity index (χ0v) is 12.2. The van der Waals surface area contributed by atoms with Gasteiger partial charge in [0.15, 0.2) is 5.43 Å². The minimum absolute atomic E-state index is 0.000958. The zero-order chi connectivity index (χ0) is 14.5. The van der Waals surface area contributed by atoms with Crippen molar-refractivity contribution in [1.82, 2.24) is 0 Å². The highest BCUT2D eigenvalue weighted by molar-refractivity contribution is 7.98. The van der Waals surface area contributed by atoms with Crippen LogP contribution in [0.2, 0.25) is 0 Å². The summed E-state index contributed by atoms with van der Waals surface area (Å²) in [6, 6.07) is 21.3. The summed E-state index contributed by atoms with van der Waals surface area (Å²) in [4.78, 5) is 12.8. The second kappa shape index (κ2) is 6.46. The second-order valence-electron chi connectivity index (χ2n) is 4.61. The van der Waals surface area contributed by atoms with Crippen LogP contribution in [-0.4, -0.2) is 0 Å². The molecule has 0 atom stereocenters. The molecule has 1 heterocycles. The SMILES string of the molecule is O=c1cc(-c2ccccc2)occ1SCc1ccccc1. The third kappa shape index (κ3) is 3.44. The summed E-state index contributed by atoms with van der Waals surface area (Å²) < 4.78 is 5.59. The van der Waals surface area contributed by atoms with Crippen molar-refractivity contribution in [3.8, 4) is 11.3 Å². The van der Waals surface area contributed by atoms with Crippen LogP contribution < -0.4 is 5.43 Å². The maximum absolute atomic E-state index is 12.2. The summed E-state index contributed by atoms with van der Waals surface area (Å²) >= 11 is 1.50. The van der Waals surface area contributed by atoms with Crippen LogP contribution in [0.3, 0.4) is 0 Å². The molecule has 0 unspecified atom stereocenters. The Morgan fingerprint density at radius 3 is 2.24 bits per heavy atom. The van der Waals surface area contributed by atoms with E-state index in [0.29, 0.717) is 10.7 Å². The second-order valence-corrected chi connectivity index (χ2v) is 5.63. The van der Waals surface area contributed by atoms with Gasteiger partial charge in [0, 0.05) is 17.4 Å². The van der Waals surface area contributed by atoms with Crippen molar-refractivity contribution in [2.75, 3.05) is 0 Å². The van der Waals surface area contributed by atoms with Crippen molar-refractivity contribution < 1.29 is 4.42 Å². The van der Waals surface area contributed by atoms with E-state index in [-0.39, 0.29) is 5.43 Å². The van der Waals surface area contributed by atoms with Crippen LogP contribution in [0.5, 0.6) is 0 Å². The molecule has 3 heteroatoms. The molecule has 0 aliphatic rings. The van der Waals surface area contributed by atoms with E-state index >= 15 is 0 Å². The third-order valence-electron chi connectivity index (χ3n) is 3.09. The van der Waals surface area contributed by atoms with E-state index in [9.17, 15) is 4.79 Å². The van der Waals surface area contributed by atoms with Crippen LogP contribution in [-0.2, 0) is 5.75 Å². The Labute approximate surface area is 127 Å². The molecule has 3 rings (SSSR count). The van der Waals surface area contributed by atoms with Gasteiger partial charge in [0.2, 0.25) is 0 Å². The number of rotatable bonds is 4. The minimum Gasteiger partial charge on any atom is -0.463 e. The van der Waals surface area contributed by atoms with Gasteiger partial charge in [-0.3, -0.25) is 4.79 Å². The quantitative estimate of drug-likeness (QED) is 0.659. The summed E-state index contributed by atoms with van der Waals surface area (Å²) in [5, 5.41) is 0. The zero-order valence-electron chi connectivity index (χ0n) is 11.4. The molecule has 0 radical (unpaired) electrons. The molecule has 2 nitrogen and oxygen atoms in total. The number of benzene rings is 2. The van der Waals surface area contributed by atoms with Gasteiger partial charge in [-0.1, -0.05) is 60.7 Å². The largest absolute Gasteiger partial charge is 0.463 e. The van der Waals surface area contributed by atoms with Gasteiger partial charge in [0.05, 0.1) is 4.90 Å². The van der Waals surface area contributed by atoms with Crippen molar-refractivity contribution in [2.45, 2.75) is 10.6 Å². The summed E-state index contributed by atoms with van der Waals surface area (Å²) in [5.41, 5.74) is 2.10. The van der Waals surface area contributed by atoms with Crippen LogP contribution in [0.25, 0.3) is 11.3 Å². The lowest BCUT2D eigenvalue weighted by Crippen LogP contribution is -2.02. The lowest BCUT2D eigenvalue weighted by Gasteiger charge is -2.03. The summed E-state index contributed by atoms with van der Waals surface area (Å²) in [6.07, 6.45) is 1.55. The van der Waals surface area contributed by atoms with Crippen molar-refractivity contribution in [3.63, 3.8) is 0 Å². The Balaban J connectivity index is 1.78.